The molecule has 0 rings (SSSR count). The smallest absolute Gasteiger partial charge is 0.290 e. The lowest BCUT2D eigenvalue weighted by Crippen LogP contribution is -2.36. The molecule has 3 nitrogen and oxygen atoms in total. The first-order valence-electron chi connectivity index (χ1n) is 4.34. The Labute approximate surface area is 75.4 Å². The summed E-state index contributed by atoms with van der Waals surface area (Å²) in [6.45, 7) is 12.1. The Kier molecular flexibility index (Phi) is 9.93. The lowest BCUT2D eigenvalue weighted by Gasteiger charge is -2.28. The molecule has 0 unspecified atom stereocenters. The second-order valence-electron chi connectivity index (χ2n) is 3.12. The van der Waals surface area contributed by atoms with E-state index >= 15 is 0 Å². The van der Waals surface area contributed by atoms with Gasteiger partial charge in [0, 0.05) is 12.1 Å². The Hall–Kier alpha value is -0.570. The highest BCUT2D eigenvalue weighted by molar-refractivity contribution is 5.32. The molecule has 74 valence electrons. The van der Waals surface area contributed by atoms with Gasteiger partial charge in [-0.2, -0.15) is 0 Å². The third-order valence-corrected chi connectivity index (χ3v) is 1.69. The van der Waals surface area contributed by atoms with E-state index in [0.717, 1.165) is 6.54 Å². The summed E-state index contributed by atoms with van der Waals surface area (Å²) in [5, 5.41) is 6.89. The molecule has 0 aliphatic rings. The maximum atomic E-state index is 8.36. The van der Waals surface area contributed by atoms with Crippen LogP contribution in [-0.4, -0.2) is 35.1 Å². The van der Waals surface area contributed by atoms with Crippen LogP contribution in [0.15, 0.2) is 0 Å². The molecule has 0 spiro atoms. The van der Waals surface area contributed by atoms with Gasteiger partial charge in [0.1, 0.15) is 0 Å². The largest absolute Gasteiger partial charge is 0.483 e. The zero-order valence-electron chi connectivity index (χ0n) is 8.74. The van der Waals surface area contributed by atoms with Crippen LogP contribution in [0.4, 0.5) is 0 Å². The van der Waals surface area contributed by atoms with Gasteiger partial charge in [-0.25, -0.2) is 0 Å². The molecule has 0 aromatic heterocycles. The number of carboxylic acid groups (broad SMARTS) is 1. The molecule has 1 N–H and O–H groups in total. The fraction of sp³-hybridized carbons (Fsp3) is 0.889. The second-order valence-corrected chi connectivity index (χ2v) is 3.12. The van der Waals surface area contributed by atoms with Crippen LogP contribution in [0.1, 0.15) is 34.6 Å². The van der Waals surface area contributed by atoms with Crippen molar-refractivity contribution >= 4 is 6.47 Å². The number of nitrogens with zero attached hydrogens (tertiary/aromatic N) is 1. The summed E-state index contributed by atoms with van der Waals surface area (Å²) < 4.78 is 0. The van der Waals surface area contributed by atoms with Gasteiger partial charge in [-0.3, -0.25) is 9.69 Å². The fourth-order valence-corrected chi connectivity index (χ4v) is 1.33. The molecule has 3 heteroatoms. The summed E-state index contributed by atoms with van der Waals surface area (Å²) in [6.07, 6.45) is 0. The van der Waals surface area contributed by atoms with Gasteiger partial charge in [0.25, 0.3) is 6.47 Å². The predicted molar refractivity (Wildman–Crippen MR) is 51.3 cm³/mol. The molecule has 0 aliphatic carbocycles. The van der Waals surface area contributed by atoms with Crippen LogP contribution in [0.25, 0.3) is 0 Å². The summed E-state index contributed by atoms with van der Waals surface area (Å²) >= 11 is 0. The summed E-state index contributed by atoms with van der Waals surface area (Å²) in [7, 11) is 0. The Bertz CT molecular complexity index is 94.7. The van der Waals surface area contributed by atoms with Gasteiger partial charge in [0.05, 0.1) is 0 Å². The van der Waals surface area contributed by atoms with E-state index in [4.69, 9.17) is 9.90 Å². The fourth-order valence-electron chi connectivity index (χ4n) is 1.33. The standard InChI is InChI=1S/C8H19N.CH2O2/c1-6-9(7(2)3)8(4)5;2-1-3/h7-8H,6H2,1-5H3;1H,(H,2,3). The van der Waals surface area contributed by atoms with E-state index < -0.39 is 0 Å². The molecule has 12 heavy (non-hydrogen) atoms. The predicted octanol–water partition coefficient (Wildman–Crippen LogP) is 1.83. The van der Waals surface area contributed by atoms with Crippen molar-refractivity contribution in [2.75, 3.05) is 6.54 Å². The highest BCUT2D eigenvalue weighted by Crippen LogP contribution is 2.02. The second kappa shape index (κ2) is 8.53. The molecule has 0 amide bonds. The minimum absolute atomic E-state index is 0.250. The van der Waals surface area contributed by atoms with Gasteiger partial charge in [-0.05, 0) is 34.2 Å². The van der Waals surface area contributed by atoms with Gasteiger partial charge < -0.3 is 5.11 Å². The lowest BCUT2D eigenvalue weighted by molar-refractivity contribution is -0.122. The van der Waals surface area contributed by atoms with Crippen molar-refractivity contribution in [3.05, 3.63) is 0 Å². The third-order valence-electron chi connectivity index (χ3n) is 1.69. The molecular formula is C9H21NO2. The van der Waals surface area contributed by atoms with E-state index in [2.05, 4.69) is 39.5 Å². The summed E-state index contributed by atoms with van der Waals surface area (Å²) in [5.74, 6) is 0. The van der Waals surface area contributed by atoms with E-state index in [0.29, 0.717) is 12.1 Å². The Morgan fingerprint density at radius 1 is 1.25 bits per heavy atom. The molecule has 0 fully saturated rings. The lowest BCUT2D eigenvalue weighted by atomic mass is 10.2. The highest BCUT2D eigenvalue weighted by atomic mass is 16.3. The quantitative estimate of drug-likeness (QED) is 0.665. The topological polar surface area (TPSA) is 40.5 Å². The van der Waals surface area contributed by atoms with Gasteiger partial charge in [0.2, 0.25) is 0 Å². The van der Waals surface area contributed by atoms with E-state index in [1.807, 2.05) is 0 Å². The van der Waals surface area contributed by atoms with E-state index in [-0.39, 0.29) is 6.47 Å². The first-order valence-corrected chi connectivity index (χ1v) is 4.34. The Morgan fingerprint density at radius 3 is 1.50 bits per heavy atom. The van der Waals surface area contributed by atoms with Crippen LogP contribution >= 0.6 is 0 Å². The molecule has 0 aromatic rings. The van der Waals surface area contributed by atoms with Crippen molar-refractivity contribution in [3.8, 4) is 0 Å². The zero-order valence-corrected chi connectivity index (χ0v) is 8.74. The van der Waals surface area contributed by atoms with Crippen molar-refractivity contribution in [2.24, 2.45) is 0 Å². The average molecular weight is 175 g/mol. The summed E-state index contributed by atoms with van der Waals surface area (Å²) in [5.41, 5.74) is 0. The van der Waals surface area contributed by atoms with Gasteiger partial charge in [0.15, 0.2) is 0 Å². The van der Waals surface area contributed by atoms with E-state index in [9.17, 15) is 0 Å². The zero-order chi connectivity index (χ0) is 10.1. The number of rotatable bonds is 3. The molecule has 0 saturated carbocycles. The van der Waals surface area contributed by atoms with Crippen molar-refractivity contribution in [1.82, 2.24) is 4.90 Å². The average Bonchev–Trinajstić information content (AvgIpc) is 1.88. The maximum absolute atomic E-state index is 8.36. The summed E-state index contributed by atoms with van der Waals surface area (Å²) in [4.78, 5) is 10.8. The number of hydrogen-bond donors (Lipinski definition) is 1. The SMILES string of the molecule is CCN(C(C)C)C(C)C.O=CO. The summed E-state index contributed by atoms with van der Waals surface area (Å²) in [6, 6.07) is 1.38. The Balaban J connectivity index is 0. The van der Waals surface area contributed by atoms with Gasteiger partial charge in [-0.15, -0.1) is 0 Å². The van der Waals surface area contributed by atoms with Crippen molar-refractivity contribution in [2.45, 2.75) is 46.7 Å². The molecular weight excluding hydrogens is 154 g/mol. The molecule has 0 heterocycles. The Morgan fingerprint density at radius 2 is 1.50 bits per heavy atom. The van der Waals surface area contributed by atoms with Crippen LogP contribution in [0, 0.1) is 0 Å². The van der Waals surface area contributed by atoms with Crippen molar-refractivity contribution < 1.29 is 9.90 Å². The van der Waals surface area contributed by atoms with Crippen molar-refractivity contribution in [1.29, 1.82) is 0 Å². The van der Waals surface area contributed by atoms with Crippen LogP contribution in [0.3, 0.4) is 0 Å². The number of hydrogen-bond acceptors (Lipinski definition) is 2. The van der Waals surface area contributed by atoms with Crippen LogP contribution in [-0.2, 0) is 4.79 Å². The highest BCUT2D eigenvalue weighted by Gasteiger charge is 2.08. The molecule has 0 saturated heterocycles. The maximum Gasteiger partial charge on any atom is 0.290 e. The van der Waals surface area contributed by atoms with Crippen LogP contribution in [0.5, 0.6) is 0 Å². The van der Waals surface area contributed by atoms with Crippen LogP contribution in [0.2, 0.25) is 0 Å². The van der Waals surface area contributed by atoms with E-state index in [1.165, 1.54) is 0 Å². The van der Waals surface area contributed by atoms with Crippen molar-refractivity contribution in [3.63, 3.8) is 0 Å². The minimum atomic E-state index is -0.250. The normalized spacial score (nSPS) is 10.0. The monoisotopic (exact) mass is 175 g/mol. The first kappa shape index (κ1) is 14.0. The molecule has 0 bridgehead atoms. The molecule has 0 atom stereocenters. The third kappa shape index (κ3) is 7.54. The molecule has 0 aromatic carbocycles. The van der Waals surface area contributed by atoms with Gasteiger partial charge in [-0.1, -0.05) is 6.92 Å². The van der Waals surface area contributed by atoms with Gasteiger partial charge >= 0.3 is 0 Å². The first-order chi connectivity index (χ1) is 5.51. The van der Waals surface area contributed by atoms with E-state index in [1.54, 1.807) is 0 Å². The van der Waals surface area contributed by atoms with Crippen LogP contribution < -0.4 is 0 Å². The molecule has 0 radical (unpaired) electrons. The minimum Gasteiger partial charge on any atom is -0.483 e. The number of carbonyl (C=O) groups is 1. The molecule has 0 aliphatic heterocycles.